The second-order valence-electron chi connectivity index (χ2n) is 7.59. The zero-order valence-electron chi connectivity index (χ0n) is 15.9. The first-order chi connectivity index (χ1) is 13.1. The second kappa shape index (κ2) is 9.09. The largest absolute Gasteiger partial charge is 0.492 e. The molecule has 1 aliphatic carbocycles. The van der Waals surface area contributed by atoms with Crippen molar-refractivity contribution in [2.75, 3.05) is 32.8 Å². The summed E-state index contributed by atoms with van der Waals surface area (Å²) in [5.74, 6) is 0.312. The van der Waals surface area contributed by atoms with Gasteiger partial charge in [0, 0.05) is 32.2 Å². The molecule has 0 N–H and O–H groups in total. The van der Waals surface area contributed by atoms with Crippen LogP contribution >= 0.6 is 12.4 Å². The highest BCUT2D eigenvalue weighted by Crippen LogP contribution is 2.30. The van der Waals surface area contributed by atoms with Gasteiger partial charge < -0.3 is 9.64 Å². The van der Waals surface area contributed by atoms with Crippen LogP contribution in [0.4, 0.5) is 9.18 Å². The number of rotatable bonds is 5. The Morgan fingerprint density at radius 1 is 1.04 bits per heavy atom. The van der Waals surface area contributed by atoms with Crippen LogP contribution in [0.1, 0.15) is 32.1 Å². The first-order valence-corrected chi connectivity index (χ1v) is 9.88. The molecular weight excluding hydrogens is 385 g/mol. The summed E-state index contributed by atoms with van der Waals surface area (Å²) >= 11 is 0. The van der Waals surface area contributed by atoms with E-state index in [9.17, 15) is 14.0 Å². The number of benzene rings is 1. The van der Waals surface area contributed by atoms with Crippen LogP contribution in [-0.2, 0) is 4.79 Å². The van der Waals surface area contributed by atoms with Crippen LogP contribution in [0.15, 0.2) is 24.3 Å². The smallest absolute Gasteiger partial charge is 0.327 e. The van der Waals surface area contributed by atoms with Gasteiger partial charge in [-0.05, 0) is 37.1 Å². The number of imide groups is 1. The molecule has 4 rings (SSSR count). The molecule has 0 spiro atoms. The number of hydrogen-bond acceptors (Lipinski definition) is 4. The number of ether oxygens (including phenoxy) is 1. The summed E-state index contributed by atoms with van der Waals surface area (Å²) in [4.78, 5) is 31.1. The third-order valence-electron chi connectivity index (χ3n) is 5.87. The summed E-state index contributed by atoms with van der Waals surface area (Å²) in [6.07, 6.45) is 5.26. The SMILES string of the molecule is Cl.O=C1C2CN(CCOc3ccc(F)cc3)CCN2C(=O)N1C1CCCCC1. The average molecular weight is 412 g/mol. The van der Waals surface area contributed by atoms with E-state index >= 15 is 0 Å². The molecule has 1 aromatic rings. The lowest BCUT2D eigenvalue weighted by atomic mass is 9.94. The normalized spacial score (nSPS) is 23.5. The number of fused-ring (bicyclic) bond motifs is 1. The molecular formula is C20H27ClFN3O3. The summed E-state index contributed by atoms with van der Waals surface area (Å²) in [7, 11) is 0. The zero-order valence-corrected chi connectivity index (χ0v) is 16.7. The van der Waals surface area contributed by atoms with Crippen LogP contribution in [0, 0.1) is 5.82 Å². The van der Waals surface area contributed by atoms with E-state index in [0.717, 1.165) is 32.2 Å². The van der Waals surface area contributed by atoms with Gasteiger partial charge in [-0.15, -0.1) is 12.4 Å². The number of piperazine rings is 1. The van der Waals surface area contributed by atoms with E-state index < -0.39 is 0 Å². The van der Waals surface area contributed by atoms with Crippen molar-refractivity contribution in [3.05, 3.63) is 30.1 Å². The van der Waals surface area contributed by atoms with Crippen LogP contribution in [-0.4, -0.2) is 71.5 Å². The van der Waals surface area contributed by atoms with Gasteiger partial charge in [0.05, 0.1) is 0 Å². The molecule has 8 heteroatoms. The molecule has 0 bridgehead atoms. The molecule has 2 heterocycles. The molecule has 28 heavy (non-hydrogen) atoms. The molecule has 3 amide bonds. The standard InChI is InChI=1S/C20H26FN3O3.ClH/c21-15-6-8-17(9-7-15)27-13-12-22-10-11-23-18(14-22)19(25)24(20(23)26)16-4-2-1-3-5-16;/h6-9,16,18H,1-5,10-14H2;1H. The predicted molar refractivity (Wildman–Crippen MR) is 105 cm³/mol. The number of carbonyl (C=O) groups excluding carboxylic acids is 2. The minimum atomic E-state index is -0.362. The number of carbonyl (C=O) groups is 2. The summed E-state index contributed by atoms with van der Waals surface area (Å²) < 4.78 is 18.6. The van der Waals surface area contributed by atoms with Crippen molar-refractivity contribution in [1.82, 2.24) is 14.7 Å². The van der Waals surface area contributed by atoms with E-state index in [1.807, 2.05) is 0 Å². The molecule has 0 aromatic heterocycles. The highest BCUT2D eigenvalue weighted by atomic mass is 35.5. The molecule has 0 radical (unpaired) electrons. The number of halogens is 2. The van der Waals surface area contributed by atoms with Crippen LogP contribution < -0.4 is 4.74 Å². The van der Waals surface area contributed by atoms with Gasteiger partial charge in [-0.2, -0.15) is 0 Å². The van der Waals surface area contributed by atoms with Crippen molar-refractivity contribution < 1.29 is 18.7 Å². The van der Waals surface area contributed by atoms with E-state index in [1.54, 1.807) is 21.9 Å². The van der Waals surface area contributed by atoms with Gasteiger partial charge in [-0.25, -0.2) is 9.18 Å². The topological polar surface area (TPSA) is 53.1 Å². The third kappa shape index (κ3) is 4.25. The lowest BCUT2D eigenvalue weighted by Gasteiger charge is -2.35. The van der Waals surface area contributed by atoms with E-state index in [-0.39, 0.29) is 42.2 Å². The molecule has 1 unspecified atom stereocenters. The number of nitrogens with zero attached hydrogens (tertiary/aromatic N) is 3. The Morgan fingerprint density at radius 2 is 1.75 bits per heavy atom. The van der Waals surface area contributed by atoms with Crippen molar-refractivity contribution in [2.24, 2.45) is 0 Å². The molecule has 2 aliphatic heterocycles. The van der Waals surface area contributed by atoms with Crippen molar-refractivity contribution in [3.63, 3.8) is 0 Å². The Labute approximate surface area is 171 Å². The highest BCUT2D eigenvalue weighted by Gasteiger charge is 2.49. The summed E-state index contributed by atoms with van der Waals surface area (Å²) in [6.45, 7) is 3.01. The lowest BCUT2D eigenvalue weighted by molar-refractivity contribution is -0.131. The van der Waals surface area contributed by atoms with Crippen LogP contribution in [0.2, 0.25) is 0 Å². The minimum Gasteiger partial charge on any atom is -0.492 e. The summed E-state index contributed by atoms with van der Waals surface area (Å²) in [5, 5.41) is 0. The maximum atomic E-state index is 12.9. The fraction of sp³-hybridized carbons (Fsp3) is 0.600. The van der Waals surface area contributed by atoms with Crippen LogP contribution in [0.25, 0.3) is 0 Å². The molecule has 154 valence electrons. The van der Waals surface area contributed by atoms with Crippen molar-refractivity contribution in [1.29, 1.82) is 0 Å². The fourth-order valence-corrected chi connectivity index (χ4v) is 4.37. The van der Waals surface area contributed by atoms with Gasteiger partial charge in [-0.1, -0.05) is 19.3 Å². The molecule has 2 saturated heterocycles. The Bertz CT molecular complexity index is 696. The van der Waals surface area contributed by atoms with E-state index in [1.165, 1.54) is 18.6 Å². The first-order valence-electron chi connectivity index (χ1n) is 9.88. The van der Waals surface area contributed by atoms with Crippen LogP contribution in [0.3, 0.4) is 0 Å². The van der Waals surface area contributed by atoms with Gasteiger partial charge in [0.25, 0.3) is 5.91 Å². The maximum absolute atomic E-state index is 12.9. The molecule has 3 fully saturated rings. The van der Waals surface area contributed by atoms with Crippen molar-refractivity contribution >= 4 is 24.3 Å². The Morgan fingerprint density at radius 3 is 2.46 bits per heavy atom. The van der Waals surface area contributed by atoms with E-state index in [4.69, 9.17) is 4.74 Å². The first kappa shape index (κ1) is 20.9. The number of amides is 3. The quantitative estimate of drug-likeness (QED) is 0.699. The third-order valence-corrected chi connectivity index (χ3v) is 5.87. The van der Waals surface area contributed by atoms with Gasteiger partial charge >= 0.3 is 6.03 Å². The summed E-state index contributed by atoms with van der Waals surface area (Å²) in [6, 6.07) is 5.58. The fourth-order valence-electron chi connectivity index (χ4n) is 4.37. The predicted octanol–water partition coefficient (Wildman–Crippen LogP) is 2.91. The summed E-state index contributed by atoms with van der Waals surface area (Å²) in [5.41, 5.74) is 0. The van der Waals surface area contributed by atoms with Gasteiger partial charge in [0.2, 0.25) is 0 Å². The van der Waals surface area contributed by atoms with Gasteiger partial charge in [-0.3, -0.25) is 14.6 Å². The molecule has 1 saturated carbocycles. The number of hydrogen-bond donors (Lipinski definition) is 0. The Balaban J connectivity index is 0.00000225. The molecule has 6 nitrogen and oxygen atoms in total. The molecule has 1 aromatic carbocycles. The molecule has 1 atom stereocenters. The van der Waals surface area contributed by atoms with Gasteiger partial charge in [0.15, 0.2) is 0 Å². The number of urea groups is 1. The second-order valence-corrected chi connectivity index (χ2v) is 7.59. The minimum absolute atomic E-state index is 0. The monoisotopic (exact) mass is 411 g/mol. The van der Waals surface area contributed by atoms with Crippen molar-refractivity contribution in [3.8, 4) is 5.75 Å². The van der Waals surface area contributed by atoms with Gasteiger partial charge in [0.1, 0.15) is 24.2 Å². The Kier molecular flexibility index (Phi) is 6.78. The zero-order chi connectivity index (χ0) is 18.8. The van der Waals surface area contributed by atoms with Crippen LogP contribution in [0.5, 0.6) is 5.75 Å². The van der Waals surface area contributed by atoms with Crippen molar-refractivity contribution in [2.45, 2.75) is 44.2 Å². The van der Waals surface area contributed by atoms with E-state index in [2.05, 4.69) is 4.90 Å². The maximum Gasteiger partial charge on any atom is 0.327 e. The Hall–Kier alpha value is -1.86. The highest BCUT2D eigenvalue weighted by molar-refractivity contribution is 6.04. The lowest BCUT2D eigenvalue weighted by Crippen LogP contribution is -2.53. The molecule has 3 aliphatic rings. The average Bonchev–Trinajstić information content (AvgIpc) is 2.94. The van der Waals surface area contributed by atoms with E-state index in [0.29, 0.717) is 32.0 Å².